The third-order valence-electron chi connectivity index (χ3n) is 4.82. The van der Waals surface area contributed by atoms with Crippen LogP contribution in [0.4, 0.5) is 0 Å². The third-order valence-corrected chi connectivity index (χ3v) is 6.64. The van der Waals surface area contributed by atoms with Crippen LogP contribution in [0.1, 0.15) is 42.5 Å². The van der Waals surface area contributed by atoms with Gasteiger partial charge in [-0.25, -0.2) is 0 Å². The largest absolute Gasteiger partial charge is 0.350 e. The highest BCUT2D eigenvalue weighted by Crippen LogP contribution is 2.61. The van der Waals surface area contributed by atoms with Gasteiger partial charge in [-0.05, 0) is 37.9 Å². The van der Waals surface area contributed by atoms with Crippen molar-refractivity contribution in [2.45, 2.75) is 45.9 Å². The first-order chi connectivity index (χ1) is 11.7. The van der Waals surface area contributed by atoms with Crippen molar-refractivity contribution in [3.63, 3.8) is 0 Å². The van der Waals surface area contributed by atoms with Crippen LogP contribution in [-0.4, -0.2) is 21.2 Å². The summed E-state index contributed by atoms with van der Waals surface area (Å²) in [6.45, 7) is 8.80. The van der Waals surface area contributed by atoms with Crippen LogP contribution >= 0.6 is 7.60 Å². The van der Waals surface area contributed by atoms with E-state index in [1.54, 1.807) is 0 Å². The number of benzene rings is 2. The normalized spacial score (nSPS) is 14.5. The quantitative estimate of drug-likeness (QED) is 0.710. The number of hydrogen-bond donors (Lipinski definition) is 2. The second-order valence-corrected chi connectivity index (χ2v) is 8.41. The highest BCUT2D eigenvalue weighted by molar-refractivity contribution is 7.53. The lowest BCUT2D eigenvalue weighted by molar-refractivity contribution is 0.119. The fourth-order valence-electron chi connectivity index (χ4n) is 3.60. The first kappa shape index (κ1) is 19.9. The molecule has 0 saturated heterocycles. The molecule has 0 aliphatic carbocycles. The highest BCUT2D eigenvalue weighted by atomic mass is 31.2. The minimum Gasteiger partial charge on any atom is -0.323 e. The molecule has 2 aromatic rings. The summed E-state index contributed by atoms with van der Waals surface area (Å²) in [5, 5.41) is -1.32. The number of hydrogen-bond acceptors (Lipinski definition) is 2. The lowest BCUT2D eigenvalue weighted by Crippen LogP contribution is -2.45. The standard InChI is InChI=1S/C20H28NO3P/c1-5-20(25(22,23)24,19-12-8-10-17(4)14-19)21(6-2)15-18-11-7-9-16(3)13-18/h7-14H,5-6,15H2,1-4H3,(H2,22,23,24). The zero-order chi connectivity index (χ0) is 18.7. The summed E-state index contributed by atoms with van der Waals surface area (Å²) < 4.78 is 12.7. The van der Waals surface area contributed by atoms with E-state index in [-0.39, 0.29) is 0 Å². The number of rotatable bonds is 7. The van der Waals surface area contributed by atoms with Crippen molar-refractivity contribution in [1.29, 1.82) is 0 Å². The molecule has 136 valence electrons. The average Bonchev–Trinajstić information content (AvgIpc) is 2.53. The Morgan fingerprint density at radius 3 is 2.08 bits per heavy atom. The Kier molecular flexibility index (Phi) is 6.23. The van der Waals surface area contributed by atoms with Crippen molar-refractivity contribution < 1.29 is 14.4 Å². The summed E-state index contributed by atoms with van der Waals surface area (Å²) in [7, 11) is -4.44. The van der Waals surface area contributed by atoms with Crippen molar-refractivity contribution >= 4 is 7.60 Å². The molecule has 4 nitrogen and oxygen atoms in total. The van der Waals surface area contributed by atoms with Crippen LogP contribution in [0.2, 0.25) is 0 Å². The molecule has 0 aromatic heterocycles. The average molecular weight is 361 g/mol. The van der Waals surface area contributed by atoms with Gasteiger partial charge in [0.1, 0.15) is 5.28 Å². The topological polar surface area (TPSA) is 60.8 Å². The first-order valence-corrected chi connectivity index (χ1v) is 10.3. The second kappa shape index (κ2) is 7.84. The number of aryl methyl sites for hydroxylation is 2. The molecule has 0 amide bonds. The van der Waals surface area contributed by atoms with E-state index in [1.807, 2.05) is 75.1 Å². The third kappa shape index (κ3) is 4.04. The van der Waals surface area contributed by atoms with Gasteiger partial charge in [0.2, 0.25) is 0 Å². The van der Waals surface area contributed by atoms with Crippen LogP contribution in [0.3, 0.4) is 0 Å². The van der Waals surface area contributed by atoms with E-state index in [9.17, 15) is 14.4 Å². The number of nitrogens with zero attached hydrogens (tertiary/aromatic N) is 1. The predicted octanol–water partition coefficient (Wildman–Crippen LogP) is 4.57. The van der Waals surface area contributed by atoms with Crippen LogP contribution in [0.5, 0.6) is 0 Å². The Bertz CT molecular complexity index is 771. The van der Waals surface area contributed by atoms with Crippen molar-refractivity contribution in [2.24, 2.45) is 0 Å². The van der Waals surface area contributed by atoms with Gasteiger partial charge in [0, 0.05) is 6.54 Å². The molecular formula is C20H28NO3P. The van der Waals surface area contributed by atoms with Gasteiger partial charge in [0.25, 0.3) is 0 Å². The van der Waals surface area contributed by atoms with Crippen LogP contribution < -0.4 is 0 Å². The molecule has 1 atom stereocenters. The van der Waals surface area contributed by atoms with E-state index < -0.39 is 12.9 Å². The fraction of sp³-hybridized carbons (Fsp3) is 0.400. The van der Waals surface area contributed by atoms with Crippen molar-refractivity contribution in [2.75, 3.05) is 6.54 Å². The lowest BCUT2D eigenvalue weighted by Gasteiger charge is -2.43. The van der Waals surface area contributed by atoms with Crippen molar-refractivity contribution in [1.82, 2.24) is 4.90 Å². The van der Waals surface area contributed by atoms with Crippen LogP contribution in [0.15, 0.2) is 48.5 Å². The fourth-order valence-corrected chi connectivity index (χ4v) is 5.07. The summed E-state index contributed by atoms with van der Waals surface area (Å²) in [5.41, 5.74) is 3.87. The van der Waals surface area contributed by atoms with Gasteiger partial charge in [0.15, 0.2) is 0 Å². The summed E-state index contributed by atoms with van der Waals surface area (Å²) >= 11 is 0. The zero-order valence-electron chi connectivity index (χ0n) is 15.4. The molecule has 0 heterocycles. The maximum absolute atomic E-state index is 12.7. The zero-order valence-corrected chi connectivity index (χ0v) is 16.3. The van der Waals surface area contributed by atoms with Crippen molar-refractivity contribution in [3.05, 3.63) is 70.8 Å². The van der Waals surface area contributed by atoms with E-state index in [1.165, 1.54) is 0 Å². The van der Waals surface area contributed by atoms with Crippen LogP contribution in [-0.2, 0) is 16.4 Å². The molecule has 0 spiro atoms. The Morgan fingerprint density at radius 2 is 1.60 bits per heavy atom. The van der Waals surface area contributed by atoms with E-state index in [2.05, 4.69) is 6.07 Å². The molecule has 0 aliphatic rings. The van der Waals surface area contributed by atoms with Gasteiger partial charge < -0.3 is 9.79 Å². The van der Waals surface area contributed by atoms with E-state index in [0.29, 0.717) is 25.1 Å². The molecule has 0 aliphatic heterocycles. The Balaban J connectivity index is 2.58. The molecule has 2 rings (SSSR count). The molecule has 0 bridgehead atoms. The summed E-state index contributed by atoms with van der Waals surface area (Å²) in [6.07, 6.45) is 0.334. The monoisotopic (exact) mass is 361 g/mol. The molecule has 25 heavy (non-hydrogen) atoms. The SMILES string of the molecule is CCN(Cc1cccc(C)c1)C(CC)(c1cccc(C)c1)P(=O)(O)O. The van der Waals surface area contributed by atoms with Crippen LogP contribution in [0.25, 0.3) is 0 Å². The first-order valence-electron chi connectivity index (χ1n) is 8.68. The molecule has 0 saturated carbocycles. The van der Waals surface area contributed by atoms with Gasteiger partial charge in [-0.3, -0.25) is 9.46 Å². The van der Waals surface area contributed by atoms with E-state index >= 15 is 0 Å². The second-order valence-electron chi connectivity index (χ2n) is 6.59. The lowest BCUT2D eigenvalue weighted by atomic mass is 9.98. The summed E-state index contributed by atoms with van der Waals surface area (Å²) in [4.78, 5) is 22.7. The summed E-state index contributed by atoms with van der Waals surface area (Å²) in [5.74, 6) is 0. The molecule has 2 N–H and O–H groups in total. The molecule has 1 unspecified atom stereocenters. The van der Waals surface area contributed by atoms with Crippen LogP contribution in [0, 0.1) is 13.8 Å². The van der Waals surface area contributed by atoms with Gasteiger partial charge in [-0.15, -0.1) is 0 Å². The Morgan fingerprint density at radius 1 is 1.00 bits per heavy atom. The Hall–Kier alpha value is -1.45. The molecule has 0 radical (unpaired) electrons. The van der Waals surface area contributed by atoms with Crippen molar-refractivity contribution in [3.8, 4) is 0 Å². The van der Waals surface area contributed by atoms with Gasteiger partial charge in [-0.1, -0.05) is 73.5 Å². The molecular weight excluding hydrogens is 333 g/mol. The highest BCUT2D eigenvalue weighted by Gasteiger charge is 2.51. The van der Waals surface area contributed by atoms with E-state index in [4.69, 9.17) is 0 Å². The molecule has 5 heteroatoms. The minimum absolute atomic E-state index is 0.334. The smallest absolute Gasteiger partial charge is 0.323 e. The van der Waals surface area contributed by atoms with Gasteiger partial charge in [-0.2, -0.15) is 0 Å². The van der Waals surface area contributed by atoms with Gasteiger partial charge >= 0.3 is 7.60 Å². The summed E-state index contributed by atoms with van der Waals surface area (Å²) in [6, 6.07) is 15.6. The minimum atomic E-state index is -4.44. The van der Waals surface area contributed by atoms with Gasteiger partial charge in [0.05, 0.1) is 0 Å². The molecule has 0 fully saturated rings. The Labute approximate surface area is 150 Å². The maximum Gasteiger partial charge on any atom is 0.350 e. The predicted molar refractivity (Wildman–Crippen MR) is 102 cm³/mol. The van der Waals surface area contributed by atoms with E-state index in [0.717, 1.165) is 16.7 Å². The maximum atomic E-state index is 12.7. The molecule has 2 aromatic carbocycles.